The lowest BCUT2D eigenvalue weighted by molar-refractivity contribution is 0.279. The van der Waals surface area contributed by atoms with Gasteiger partial charge in [0.05, 0.1) is 5.69 Å². The third-order valence-corrected chi connectivity index (χ3v) is 1.73. The Hall–Kier alpha value is -0.540. The molecule has 2 nitrogen and oxygen atoms in total. The fraction of sp³-hybridized carbons (Fsp3) is 0.143. The van der Waals surface area contributed by atoms with E-state index in [2.05, 4.69) is 15.9 Å². The average Bonchev–Trinajstić information content (AvgIpc) is 1.88. The molecule has 1 rings (SSSR count). The van der Waals surface area contributed by atoms with Crippen LogP contribution in [-0.4, -0.2) is 12.3 Å². The lowest BCUT2D eigenvalue weighted by atomic mass is 10.3. The summed E-state index contributed by atoms with van der Waals surface area (Å²) in [6.45, 7) is 0. The van der Waals surface area contributed by atoms with Crippen LogP contribution in [0.2, 0.25) is 0 Å². The van der Waals surface area contributed by atoms with Gasteiger partial charge in [0.2, 0.25) is 0 Å². The SMILES string of the molecule is CN(O)c1ccc(Br)cc1. The van der Waals surface area contributed by atoms with Crippen LogP contribution < -0.4 is 5.06 Å². The summed E-state index contributed by atoms with van der Waals surface area (Å²) < 4.78 is 1.01. The summed E-state index contributed by atoms with van der Waals surface area (Å²) in [4.78, 5) is 0. The van der Waals surface area contributed by atoms with Crippen molar-refractivity contribution in [3.05, 3.63) is 28.7 Å². The highest BCUT2D eigenvalue weighted by atomic mass is 79.9. The van der Waals surface area contributed by atoms with Crippen molar-refractivity contribution >= 4 is 21.6 Å². The lowest BCUT2D eigenvalue weighted by Gasteiger charge is -2.08. The predicted molar refractivity (Wildman–Crippen MR) is 44.3 cm³/mol. The maximum absolute atomic E-state index is 8.93. The Morgan fingerprint density at radius 2 is 1.80 bits per heavy atom. The first-order chi connectivity index (χ1) is 4.70. The van der Waals surface area contributed by atoms with Gasteiger partial charge in [-0.15, -0.1) is 0 Å². The number of anilines is 1. The molecule has 0 fully saturated rings. The van der Waals surface area contributed by atoms with Crippen LogP contribution in [0.3, 0.4) is 0 Å². The molecule has 3 heteroatoms. The molecule has 0 spiro atoms. The molecule has 0 unspecified atom stereocenters. The Bertz CT molecular complexity index is 207. The van der Waals surface area contributed by atoms with Crippen molar-refractivity contribution in [1.82, 2.24) is 0 Å². The number of rotatable bonds is 1. The highest BCUT2D eigenvalue weighted by Gasteiger charge is 1.93. The normalized spacial score (nSPS) is 9.50. The molecule has 1 aromatic carbocycles. The first kappa shape index (κ1) is 7.57. The number of hydroxylamine groups is 1. The summed E-state index contributed by atoms with van der Waals surface area (Å²) in [5.74, 6) is 0. The molecule has 10 heavy (non-hydrogen) atoms. The molecule has 54 valence electrons. The summed E-state index contributed by atoms with van der Waals surface area (Å²) in [5, 5.41) is 10.0. The minimum Gasteiger partial charge on any atom is -0.289 e. The third kappa shape index (κ3) is 1.72. The van der Waals surface area contributed by atoms with E-state index in [9.17, 15) is 0 Å². The largest absolute Gasteiger partial charge is 0.289 e. The molecular formula is C7H8BrNO. The Kier molecular flexibility index (Phi) is 2.29. The molecule has 0 aliphatic rings. The van der Waals surface area contributed by atoms with E-state index in [0.29, 0.717) is 0 Å². The van der Waals surface area contributed by atoms with Crippen LogP contribution in [0, 0.1) is 0 Å². The Morgan fingerprint density at radius 1 is 1.30 bits per heavy atom. The molecule has 0 atom stereocenters. The smallest absolute Gasteiger partial charge is 0.0631 e. The zero-order chi connectivity index (χ0) is 7.56. The molecule has 1 N–H and O–H groups in total. The van der Waals surface area contributed by atoms with Crippen molar-refractivity contribution in [3.63, 3.8) is 0 Å². The van der Waals surface area contributed by atoms with Gasteiger partial charge in [-0.2, -0.15) is 0 Å². The molecule has 1 aromatic rings. The van der Waals surface area contributed by atoms with Gasteiger partial charge >= 0.3 is 0 Å². The van der Waals surface area contributed by atoms with Gasteiger partial charge in [0, 0.05) is 11.5 Å². The van der Waals surface area contributed by atoms with Crippen molar-refractivity contribution in [2.45, 2.75) is 0 Å². The van der Waals surface area contributed by atoms with E-state index < -0.39 is 0 Å². The minimum atomic E-state index is 0.781. The van der Waals surface area contributed by atoms with E-state index in [1.54, 1.807) is 7.05 Å². The topological polar surface area (TPSA) is 23.5 Å². The van der Waals surface area contributed by atoms with Crippen LogP contribution in [0.15, 0.2) is 28.7 Å². The summed E-state index contributed by atoms with van der Waals surface area (Å²) in [7, 11) is 1.59. The first-order valence-electron chi connectivity index (χ1n) is 2.88. The van der Waals surface area contributed by atoms with Gasteiger partial charge in [-0.25, -0.2) is 0 Å². The second-order valence-corrected chi connectivity index (χ2v) is 2.92. The van der Waals surface area contributed by atoms with Gasteiger partial charge in [-0.3, -0.25) is 10.3 Å². The van der Waals surface area contributed by atoms with E-state index in [0.717, 1.165) is 15.2 Å². The van der Waals surface area contributed by atoms with Crippen molar-refractivity contribution in [1.29, 1.82) is 0 Å². The van der Waals surface area contributed by atoms with Crippen LogP contribution in [0.1, 0.15) is 0 Å². The van der Waals surface area contributed by atoms with Crippen molar-refractivity contribution in [3.8, 4) is 0 Å². The molecule has 0 heterocycles. The number of hydrogen-bond donors (Lipinski definition) is 1. The number of nitrogens with zero attached hydrogens (tertiary/aromatic N) is 1. The van der Waals surface area contributed by atoms with Gasteiger partial charge in [0.25, 0.3) is 0 Å². The van der Waals surface area contributed by atoms with Crippen LogP contribution >= 0.6 is 15.9 Å². The third-order valence-electron chi connectivity index (χ3n) is 1.20. The molecule has 0 saturated heterocycles. The quantitative estimate of drug-likeness (QED) is 0.706. The fourth-order valence-electron chi connectivity index (χ4n) is 0.657. The summed E-state index contributed by atoms with van der Waals surface area (Å²) in [6, 6.07) is 7.40. The molecule has 0 saturated carbocycles. The van der Waals surface area contributed by atoms with Gasteiger partial charge in [0.1, 0.15) is 0 Å². The first-order valence-corrected chi connectivity index (χ1v) is 3.67. The van der Waals surface area contributed by atoms with Crippen LogP contribution in [0.25, 0.3) is 0 Å². The average molecular weight is 202 g/mol. The second kappa shape index (κ2) is 3.03. The summed E-state index contributed by atoms with van der Waals surface area (Å²) in [5.41, 5.74) is 0.781. The molecule has 0 radical (unpaired) electrons. The zero-order valence-electron chi connectivity index (χ0n) is 5.58. The number of halogens is 1. The monoisotopic (exact) mass is 201 g/mol. The van der Waals surface area contributed by atoms with Gasteiger partial charge in [-0.05, 0) is 24.3 Å². The van der Waals surface area contributed by atoms with Gasteiger partial charge in [0.15, 0.2) is 0 Å². The van der Waals surface area contributed by atoms with E-state index in [1.807, 2.05) is 24.3 Å². The minimum absolute atomic E-state index is 0.781. The van der Waals surface area contributed by atoms with Crippen molar-refractivity contribution in [2.24, 2.45) is 0 Å². The van der Waals surface area contributed by atoms with Crippen LogP contribution in [-0.2, 0) is 0 Å². The molecular weight excluding hydrogens is 194 g/mol. The lowest BCUT2D eigenvalue weighted by Crippen LogP contribution is -2.08. The fourth-order valence-corrected chi connectivity index (χ4v) is 0.921. The Morgan fingerprint density at radius 3 is 2.20 bits per heavy atom. The van der Waals surface area contributed by atoms with Crippen molar-refractivity contribution in [2.75, 3.05) is 12.1 Å². The molecule has 0 aromatic heterocycles. The zero-order valence-corrected chi connectivity index (χ0v) is 7.17. The standard InChI is InChI=1S/C7H8BrNO/c1-9(10)7-4-2-6(8)3-5-7/h2-5,10H,1H3. The number of benzene rings is 1. The van der Waals surface area contributed by atoms with E-state index in [-0.39, 0.29) is 0 Å². The second-order valence-electron chi connectivity index (χ2n) is 2.00. The number of hydrogen-bond acceptors (Lipinski definition) is 2. The van der Waals surface area contributed by atoms with Gasteiger partial charge in [-0.1, -0.05) is 15.9 Å². The molecule has 0 amide bonds. The Balaban J connectivity index is 2.89. The van der Waals surface area contributed by atoms with E-state index in [4.69, 9.17) is 5.21 Å². The summed E-state index contributed by atoms with van der Waals surface area (Å²) in [6.07, 6.45) is 0. The maximum Gasteiger partial charge on any atom is 0.0631 e. The van der Waals surface area contributed by atoms with Crippen LogP contribution in [0.4, 0.5) is 5.69 Å². The van der Waals surface area contributed by atoms with Crippen molar-refractivity contribution < 1.29 is 5.21 Å². The molecule has 0 aliphatic heterocycles. The predicted octanol–water partition coefficient (Wildman–Crippen LogP) is 2.27. The van der Waals surface area contributed by atoms with E-state index >= 15 is 0 Å². The Labute approximate surface area is 68.2 Å². The maximum atomic E-state index is 8.93. The van der Waals surface area contributed by atoms with E-state index in [1.165, 1.54) is 0 Å². The van der Waals surface area contributed by atoms with Gasteiger partial charge < -0.3 is 0 Å². The molecule has 0 aliphatic carbocycles. The highest BCUT2D eigenvalue weighted by molar-refractivity contribution is 9.10. The van der Waals surface area contributed by atoms with Crippen LogP contribution in [0.5, 0.6) is 0 Å². The molecule has 0 bridgehead atoms. The summed E-state index contributed by atoms with van der Waals surface area (Å²) >= 11 is 3.29. The highest BCUT2D eigenvalue weighted by Crippen LogP contribution is 2.15.